The second kappa shape index (κ2) is 4.11. The highest BCUT2D eigenvalue weighted by atomic mass is 16.2. The zero-order valence-corrected chi connectivity index (χ0v) is 9.63. The summed E-state index contributed by atoms with van der Waals surface area (Å²) in [6.45, 7) is 6.24. The van der Waals surface area contributed by atoms with Crippen molar-refractivity contribution in [1.82, 2.24) is 19.7 Å². The lowest BCUT2D eigenvalue weighted by Gasteiger charge is -2.15. The molecule has 0 aliphatic carbocycles. The van der Waals surface area contributed by atoms with E-state index in [0.717, 1.165) is 13.1 Å². The van der Waals surface area contributed by atoms with E-state index in [1.165, 1.54) is 11.0 Å². The number of likely N-dealkylation sites (tertiary alicyclic amines) is 1. The van der Waals surface area contributed by atoms with Crippen LogP contribution in [-0.4, -0.2) is 38.7 Å². The van der Waals surface area contributed by atoms with Gasteiger partial charge in [-0.05, 0) is 11.8 Å². The van der Waals surface area contributed by atoms with Crippen LogP contribution < -0.4 is 5.73 Å². The lowest BCUT2D eigenvalue weighted by atomic mass is 10.0. The summed E-state index contributed by atoms with van der Waals surface area (Å²) in [6.07, 6.45) is 1.48. The van der Waals surface area contributed by atoms with Crippen LogP contribution in [0.4, 0.5) is 5.95 Å². The molecular formula is C10H17N5O. The van der Waals surface area contributed by atoms with Crippen LogP contribution in [0.2, 0.25) is 0 Å². The molecule has 88 valence electrons. The molecule has 1 aromatic heterocycles. The Hall–Kier alpha value is -1.59. The number of carbonyl (C=O) groups is 1. The SMILES string of the molecule is CC1CN(C(=O)Cn2cnc(N)n2)CC1C. The van der Waals surface area contributed by atoms with Gasteiger partial charge >= 0.3 is 0 Å². The smallest absolute Gasteiger partial charge is 0.244 e. The zero-order valence-electron chi connectivity index (χ0n) is 9.63. The Balaban J connectivity index is 1.94. The third-order valence-electron chi connectivity index (χ3n) is 3.19. The Morgan fingerprint density at radius 1 is 1.50 bits per heavy atom. The summed E-state index contributed by atoms with van der Waals surface area (Å²) in [5.74, 6) is 1.44. The van der Waals surface area contributed by atoms with Crippen molar-refractivity contribution in [3.63, 3.8) is 0 Å². The summed E-state index contributed by atoms with van der Waals surface area (Å²) in [5, 5.41) is 3.90. The molecule has 2 N–H and O–H groups in total. The second-order valence-electron chi connectivity index (χ2n) is 4.55. The summed E-state index contributed by atoms with van der Waals surface area (Å²) >= 11 is 0. The monoisotopic (exact) mass is 223 g/mol. The van der Waals surface area contributed by atoms with Crippen LogP contribution in [-0.2, 0) is 11.3 Å². The number of carbonyl (C=O) groups excluding carboxylic acids is 1. The molecule has 6 heteroatoms. The van der Waals surface area contributed by atoms with Gasteiger partial charge in [-0.25, -0.2) is 9.67 Å². The van der Waals surface area contributed by atoms with Crippen LogP contribution in [0.3, 0.4) is 0 Å². The van der Waals surface area contributed by atoms with E-state index in [9.17, 15) is 4.79 Å². The van der Waals surface area contributed by atoms with E-state index in [-0.39, 0.29) is 18.4 Å². The lowest BCUT2D eigenvalue weighted by Crippen LogP contribution is -2.32. The highest BCUT2D eigenvalue weighted by Crippen LogP contribution is 2.22. The number of hydrogen-bond donors (Lipinski definition) is 1. The van der Waals surface area contributed by atoms with Crippen molar-refractivity contribution in [1.29, 1.82) is 0 Å². The number of hydrogen-bond acceptors (Lipinski definition) is 4. The van der Waals surface area contributed by atoms with E-state index in [1.807, 2.05) is 4.90 Å². The molecule has 16 heavy (non-hydrogen) atoms. The minimum atomic E-state index is 0.0844. The first-order chi connectivity index (χ1) is 7.56. The fraction of sp³-hybridized carbons (Fsp3) is 0.700. The average molecular weight is 223 g/mol. The van der Waals surface area contributed by atoms with Gasteiger partial charge in [0.2, 0.25) is 11.9 Å². The molecular weight excluding hydrogens is 206 g/mol. The molecule has 2 unspecified atom stereocenters. The zero-order chi connectivity index (χ0) is 11.7. The molecule has 0 saturated carbocycles. The molecule has 1 saturated heterocycles. The van der Waals surface area contributed by atoms with Crippen molar-refractivity contribution >= 4 is 11.9 Å². The lowest BCUT2D eigenvalue weighted by molar-refractivity contribution is -0.131. The number of anilines is 1. The summed E-state index contributed by atoms with van der Waals surface area (Å²) in [6, 6.07) is 0. The average Bonchev–Trinajstić information content (AvgIpc) is 2.75. The fourth-order valence-corrected chi connectivity index (χ4v) is 1.96. The minimum absolute atomic E-state index is 0.0844. The second-order valence-corrected chi connectivity index (χ2v) is 4.55. The minimum Gasteiger partial charge on any atom is -0.367 e. The van der Waals surface area contributed by atoms with E-state index in [4.69, 9.17) is 5.73 Å². The van der Waals surface area contributed by atoms with Crippen molar-refractivity contribution in [2.24, 2.45) is 11.8 Å². The molecule has 6 nitrogen and oxygen atoms in total. The number of nitrogens with zero attached hydrogens (tertiary/aromatic N) is 4. The standard InChI is InChI=1S/C10H17N5O/c1-7-3-14(4-8(7)2)9(16)5-15-6-12-10(11)13-15/h6-8H,3-5H2,1-2H3,(H2,11,13). The van der Waals surface area contributed by atoms with Gasteiger partial charge < -0.3 is 10.6 Å². The predicted octanol–water partition coefficient (Wildman–Crippen LogP) is -0.0253. The van der Waals surface area contributed by atoms with Gasteiger partial charge in [0.15, 0.2) is 0 Å². The van der Waals surface area contributed by atoms with Crippen LogP contribution in [0.15, 0.2) is 6.33 Å². The number of aromatic nitrogens is 3. The molecule has 1 aliphatic rings. The van der Waals surface area contributed by atoms with E-state index in [1.54, 1.807) is 0 Å². The Bertz CT molecular complexity index is 378. The maximum absolute atomic E-state index is 11.9. The number of rotatable bonds is 2. The normalized spacial score (nSPS) is 25.0. The number of nitrogens with two attached hydrogens (primary N) is 1. The molecule has 1 aliphatic heterocycles. The van der Waals surface area contributed by atoms with E-state index >= 15 is 0 Å². The molecule has 0 spiro atoms. The van der Waals surface area contributed by atoms with Gasteiger partial charge in [0.05, 0.1) is 0 Å². The van der Waals surface area contributed by atoms with E-state index < -0.39 is 0 Å². The van der Waals surface area contributed by atoms with Crippen LogP contribution >= 0.6 is 0 Å². The maximum Gasteiger partial charge on any atom is 0.244 e. The molecule has 2 heterocycles. The van der Waals surface area contributed by atoms with Gasteiger partial charge in [-0.3, -0.25) is 4.79 Å². The Morgan fingerprint density at radius 3 is 2.62 bits per heavy atom. The first kappa shape index (κ1) is 10.9. The van der Waals surface area contributed by atoms with Gasteiger partial charge in [0.1, 0.15) is 12.9 Å². The summed E-state index contributed by atoms with van der Waals surface area (Å²) in [7, 11) is 0. The van der Waals surface area contributed by atoms with Crippen LogP contribution in [0, 0.1) is 11.8 Å². The van der Waals surface area contributed by atoms with Crippen molar-refractivity contribution in [3.8, 4) is 0 Å². The van der Waals surface area contributed by atoms with Crippen LogP contribution in [0.1, 0.15) is 13.8 Å². The molecule has 1 amide bonds. The molecule has 0 radical (unpaired) electrons. The van der Waals surface area contributed by atoms with Crippen LogP contribution in [0.5, 0.6) is 0 Å². The largest absolute Gasteiger partial charge is 0.367 e. The quantitative estimate of drug-likeness (QED) is 0.764. The summed E-state index contributed by atoms with van der Waals surface area (Å²) in [5.41, 5.74) is 5.38. The predicted molar refractivity (Wildman–Crippen MR) is 59.3 cm³/mol. The first-order valence-corrected chi connectivity index (χ1v) is 5.49. The Labute approximate surface area is 94.4 Å². The molecule has 0 bridgehead atoms. The van der Waals surface area contributed by atoms with Gasteiger partial charge in [0, 0.05) is 13.1 Å². The number of amides is 1. The van der Waals surface area contributed by atoms with Gasteiger partial charge in [-0.1, -0.05) is 13.8 Å². The highest BCUT2D eigenvalue weighted by molar-refractivity contribution is 5.76. The molecule has 2 rings (SSSR count). The fourth-order valence-electron chi connectivity index (χ4n) is 1.96. The van der Waals surface area contributed by atoms with Crippen molar-refractivity contribution < 1.29 is 4.79 Å². The third-order valence-corrected chi connectivity index (χ3v) is 3.19. The van der Waals surface area contributed by atoms with Crippen molar-refractivity contribution in [3.05, 3.63) is 6.33 Å². The highest BCUT2D eigenvalue weighted by Gasteiger charge is 2.29. The van der Waals surface area contributed by atoms with E-state index in [0.29, 0.717) is 11.8 Å². The van der Waals surface area contributed by atoms with Gasteiger partial charge in [0.25, 0.3) is 0 Å². The topological polar surface area (TPSA) is 77.0 Å². The third kappa shape index (κ3) is 2.15. The Kier molecular flexibility index (Phi) is 2.80. The first-order valence-electron chi connectivity index (χ1n) is 5.49. The van der Waals surface area contributed by atoms with Crippen molar-refractivity contribution in [2.75, 3.05) is 18.8 Å². The Morgan fingerprint density at radius 2 is 2.12 bits per heavy atom. The van der Waals surface area contributed by atoms with Crippen LogP contribution in [0.25, 0.3) is 0 Å². The summed E-state index contributed by atoms with van der Waals surface area (Å²) in [4.78, 5) is 17.6. The van der Waals surface area contributed by atoms with E-state index in [2.05, 4.69) is 23.9 Å². The maximum atomic E-state index is 11.9. The van der Waals surface area contributed by atoms with Gasteiger partial charge in [-0.2, -0.15) is 0 Å². The molecule has 2 atom stereocenters. The number of nitrogen functional groups attached to an aromatic ring is 1. The van der Waals surface area contributed by atoms with Crippen molar-refractivity contribution in [2.45, 2.75) is 20.4 Å². The molecule has 1 aromatic rings. The van der Waals surface area contributed by atoms with Gasteiger partial charge in [-0.15, -0.1) is 5.10 Å². The summed E-state index contributed by atoms with van der Waals surface area (Å²) < 4.78 is 1.48. The molecule has 0 aromatic carbocycles. The molecule has 1 fully saturated rings.